The number of hydrogen-bond acceptors (Lipinski definition) is 14. The largest absolute Gasteiger partial charge is 0.472 e. The van der Waals surface area contributed by atoms with E-state index in [4.69, 9.17) is 32.3 Å². The molecule has 0 rings (SSSR count). The van der Waals surface area contributed by atoms with Gasteiger partial charge < -0.3 is 34.2 Å². The smallest absolute Gasteiger partial charge is 0.463 e. The van der Waals surface area contributed by atoms with E-state index in [1.54, 1.807) is 0 Å². The lowest BCUT2D eigenvalue weighted by atomic mass is 10.0. The highest BCUT2D eigenvalue weighted by molar-refractivity contribution is 7.47. The SMILES string of the molecule is CC/C=C\C/C=C\C/C=C\C/C=C\C/C=C\C/C=C\CCCCCCCCC(=O)OCC(O)COP(=O)(O)OCC(O)COP(=O)(O)OCC(COC(=O)CCCCCCCCCCC/C=C\C/C=C\C/C=C\C/C=C\C/C=C\CC)OC(=O)CCCCCCCCCCCCCCCCC. The Morgan fingerprint density at radius 1 is 0.287 bits per heavy atom. The zero-order valence-electron chi connectivity index (χ0n) is 63.3. The fourth-order valence-electron chi connectivity index (χ4n) is 10.4. The van der Waals surface area contributed by atoms with Gasteiger partial charge in [0, 0.05) is 19.3 Å². The topological polar surface area (TPSA) is 231 Å². The number of carbonyl (C=O) groups is 3. The zero-order chi connectivity index (χ0) is 73.7. The molecule has 18 heteroatoms. The Hall–Kier alpha value is -4.31. The molecule has 4 N–H and O–H groups in total. The molecule has 0 aromatic heterocycles. The number of unbranched alkanes of at least 4 members (excludes halogenated alkanes) is 29. The van der Waals surface area contributed by atoms with Gasteiger partial charge in [-0.05, 0) is 116 Å². The van der Waals surface area contributed by atoms with Gasteiger partial charge >= 0.3 is 33.6 Å². The molecule has 0 amide bonds. The summed E-state index contributed by atoms with van der Waals surface area (Å²) in [6.07, 6.45) is 90.6. The van der Waals surface area contributed by atoms with Crippen LogP contribution in [0.25, 0.3) is 0 Å². The Bertz CT molecular complexity index is 2370. The summed E-state index contributed by atoms with van der Waals surface area (Å²) < 4.78 is 61.2. The van der Waals surface area contributed by atoms with Gasteiger partial charge in [0.05, 0.1) is 26.4 Å². The number of phosphoric acid groups is 2. The third-order valence-electron chi connectivity index (χ3n) is 16.4. The molecular weight excluding hydrogens is 1310 g/mol. The molecule has 0 radical (unpaired) electrons. The maximum absolute atomic E-state index is 13.0. The van der Waals surface area contributed by atoms with E-state index in [2.05, 4.69) is 154 Å². The number of phosphoric ester groups is 2. The number of rotatable bonds is 74. The molecule has 0 saturated carbocycles. The first kappa shape index (κ1) is 96.7. The van der Waals surface area contributed by atoms with E-state index in [1.807, 2.05) is 0 Å². The average Bonchev–Trinajstić information content (AvgIpc) is 1.19. The molecule has 16 nitrogen and oxygen atoms in total. The van der Waals surface area contributed by atoms with Gasteiger partial charge in [0.1, 0.15) is 25.4 Å². The number of aliphatic hydroxyl groups is 2. The van der Waals surface area contributed by atoms with Crippen LogP contribution in [0.15, 0.2) is 134 Å². The van der Waals surface area contributed by atoms with Crippen LogP contribution in [0.2, 0.25) is 0 Å². The first-order valence-electron chi connectivity index (χ1n) is 39.5. The lowest BCUT2D eigenvalue weighted by Crippen LogP contribution is -2.30. The van der Waals surface area contributed by atoms with Crippen molar-refractivity contribution in [2.45, 2.75) is 334 Å². The highest BCUT2D eigenvalue weighted by Gasteiger charge is 2.29. The quantitative estimate of drug-likeness (QED) is 0.0146. The van der Waals surface area contributed by atoms with Gasteiger partial charge in [0.15, 0.2) is 6.10 Å². The van der Waals surface area contributed by atoms with Crippen LogP contribution < -0.4 is 0 Å². The summed E-state index contributed by atoms with van der Waals surface area (Å²) in [5.74, 6) is -1.59. The standard InChI is InChI=1S/C83H142O16P2/c1-4-7-10-13-16-19-22-25-28-30-32-34-36-38-40-42-44-46-49-51-54-57-60-63-66-69-81(86)93-72-78(84)73-95-100(89,90)96-74-79(85)75-97-101(91,92)98-77-80(99-83(88)71-68-65-62-59-56-53-48-27-24-21-18-15-12-9-6-3)76-94-82(87)70-67-64-61-58-55-52-50-47-45-43-41-39-37-35-33-31-29-26-23-20-17-14-11-8-5-2/h7-8,10-11,16-17,19-20,25-26,28-29,32-35,38-41,44,46,78-80,84-85H,4-6,9,12-15,18,21-24,27,30-31,36-37,42-43,45,47-77H2,1-3H3,(H,89,90)(H,91,92)/b10-7-,11-8-,19-16-,20-17-,28-25-,29-26-,34-32-,35-33-,40-38-,41-39-,46-44-. The molecule has 580 valence electrons. The maximum atomic E-state index is 13.0. The molecule has 0 fully saturated rings. The molecule has 0 spiro atoms. The Morgan fingerprint density at radius 2 is 0.525 bits per heavy atom. The minimum atomic E-state index is -4.93. The van der Waals surface area contributed by atoms with Crippen molar-refractivity contribution < 1.29 is 75.8 Å². The van der Waals surface area contributed by atoms with E-state index < -0.39 is 91.5 Å². The fraction of sp³-hybridized carbons (Fsp3) is 0.699. The second kappa shape index (κ2) is 75.4. The van der Waals surface area contributed by atoms with Crippen molar-refractivity contribution in [1.82, 2.24) is 0 Å². The number of allylic oxidation sites excluding steroid dienone is 22. The predicted molar refractivity (Wildman–Crippen MR) is 417 cm³/mol. The summed E-state index contributed by atoms with van der Waals surface area (Å²) in [4.78, 5) is 58.7. The number of hydrogen-bond donors (Lipinski definition) is 4. The molecule has 0 aromatic rings. The van der Waals surface area contributed by atoms with Crippen LogP contribution in [0.4, 0.5) is 0 Å². The Kier molecular flexibility index (Phi) is 72.2. The Labute approximate surface area is 614 Å². The third kappa shape index (κ3) is 76.6. The summed E-state index contributed by atoms with van der Waals surface area (Å²) in [5.41, 5.74) is 0. The summed E-state index contributed by atoms with van der Waals surface area (Å²) in [5, 5.41) is 20.6. The lowest BCUT2D eigenvalue weighted by molar-refractivity contribution is -0.161. The number of ether oxygens (including phenoxy) is 3. The molecule has 0 aliphatic rings. The van der Waals surface area contributed by atoms with E-state index in [0.29, 0.717) is 19.3 Å². The molecule has 0 saturated heterocycles. The van der Waals surface area contributed by atoms with Gasteiger partial charge in [-0.1, -0.05) is 315 Å². The van der Waals surface area contributed by atoms with Gasteiger partial charge in [0.25, 0.3) is 0 Å². The van der Waals surface area contributed by atoms with Crippen molar-refractivity contribution in [1.29, 1.82) is 0 Å². The first-order chi connectivity index (χ1) is 49.2. The highest BCUT2D eigenvalue weighted by atomic mass is 31.2. The molecule has 101 heavy (non-hydrogen) atoms. The fourth-order valence-corrected chi connectivity index (χ4v) is 12.0. The van der Waals surface area contributed by atoms with Gasteiger partial charge in [-0.3, -0.25) is 32.5 Å². The number of esters is 3. The second-order valence-electron chi connectivity index (χ2n) is 26.1. The molecule has 5 unspecified atom stereocenters. The third-order valence-corrected chi connectivity index (χ3v) is 18.3. The summed E-state index contributed by atoms with van der Waals surface area (Å²) >= 11 is 0. The van der Waals surface area contributed by atoms with E-state index >= 15 is 0 Å². The zero-order valence-corrected chi connectivity index (χ0v) is 65.1. The van der Waals surface area contributed by atoms with E-state index in [9.17, 15) is 43.5 Å². The molecule has 0 aromatic carbocycles. The van der Waals surface area contributed by atoms with E-state index in [1.165, 1.54) is 89.9 Å². The van der Waals surface area contributed by atoms with Crippen molar-refractivity contribution in [2.75, 3.05) is 39.6 Å². The van der Waals surface area contributed by atoms with E-state index in [0.717, 1.165) is 167 Å². The summed E-state index contributed by atoms with van der Waals surface area (Å²) in [7, 11) is -9.80. The van der Waals surface area contributed by atoms with Crippen LogP contribution in [0.1, 0.15) is 316 Å². The molecule has 5 atom stereocenters. The van der Waals surface area contributed by atoms with Crippen molar-refractivity contribution in [3.63, 3.8) is 0 Å². The van der Waals surface area contributed by atoms with Crippen LogP contribution in [0, 0.1) is 0 Å². The highest BCUT2D eigenvalue weighted by Crippen LogP contribution is 2.45. The molecule has 0 heterocycles. The van der Waals surface area contributed by atoms with Crippen molar-refractivity contribution >= 4 is 33.6 Å². The summed E-state index contributed by atoms with van der Waals surface area (Å²) in [6, 6.07) is 0. The molecule has 0 aliphatic heterocycles. The summed E-state index contributed by atoms with van der Waals surface area (Å²) in [6.45, 7) is 2.45. The predicted octanol–water partition coefficient (Wildman–Crippen LogP) is 23.1. The second-order valence-corrected chi connectivity index (χ2v) is 29.0. The maximum Gasteiger partial charge on any atom is 0.472 e. The van der Waals surface area contributed by atoms with Crippen LogP contribution in [-0.2, 0) is 55.8 Å². The molecular formula is C83H142O16P2. The Morgan fingerprint density at radius 3 is 0.832 bits per heavy atom. The minimum absolute atomic E-state index is 0.104. The van der Waals surface area contributed by atoms with Crippen LogP contribution in [-0.4, -0.2) is 95.9 Å². The lowest BCUT2D eigenvalue weighted by Gasteiger charge is -2.21. The van der Waals surface area contributed by atoms with Gasteiger partial charge in [-0.15, -0.1) is 0 Å². The van der Waals surface area contributed by atoms with Gasteiger partial charge in [-0.25, -0.2) is 9.13 Å². The average molecular weight is 1460 g/mol. The van der Waals surface area contributed by atoms with Crippen LogP contribution in [0.5, 0.6) is 0 Å². The van der Waals surface area contributed by atoms with Gasteiger partial charge in [-0.2, -0.15) is 0 Å². The number of carbonyl (C=O) groups excluding carboxylic acids is 3. The van der Waals surface area contributed by atoms with Crippen LogP contribution >= 0.6 is 15.6 Å². The van der Waals surface area contributed by atoms with Crippen molar-refractivity contribution in [3.8, 4) is 0 Å². The van der Waals surface area contributed by atoms with E-state index in [-0.39, 0.29) is 19.3 Å². The molecule has 0 aliphatic carbocycles. The van der Waals surface area contributed by atoms with Crippen molar-refractivity contribution in [2.24, 2.45) is 0 Å². The van der Waals surface area contributed by atoms with Gasteiger partial charge in [0.2, 0.25) is 0 Å². The molecule has 0 bridgehead atoms. The Balaban J connectivity index is 4.62. The van der Waals surface area contributed by atoms with Crippen molar-refractivity contribution in [3.05, 3.63) is 134 Å². The van der Waals surface area contributed by atoms with Crippen LogP contribution in [0.3, 0.4) is 0 Å². The minimum Gasteiger partial charge on any atom is -0.463 e. The number of aliphatic hydroxyl groups excluding tert-OH is 2. The first-order valence-corrected chi connectivity index (χ1v) is 42.5. The monoisotopic (exact) mass is 1460 g/mol. The normalized spacial score (nSPS) is 14.7.